The molecule has 0 aromatic carbocycles. The summed E-state index contributed by atoms with van der Waals surface area (Å²) in [5.74, 6) is 2.10. The zero-order valence-electron chi connectivity index (χ0n) is 8.43. The number of hydrogen-bond acceptors (Lipinski definition) is 1. The highest BCUT2D eigenvalue weighted by Gasteiger charge is 2.19. The second-order valence-corrected chi connectivity index (χ2v) is 4.29. The first-order valence-corrected chi connectivity index (χ1v) is 5.79. The Morgan fingerprint density at radius 1 is 1.00 bits per heavy atom. The summed E-state index contributed by atoms with van der Waals surface area (Å²) in [6.45, 7) is 0.961. The van der Waals surface area contributed by atoms with Crippen LogP contribution in [0.25, 0.3) is 0 Å². The Labute approximate surface area is 81.2 Å². The van der Waals surface area contributed by atoms with Gasteiger partial charge in [0.15, 0.2) is 0 Å². The van der Waals surface area contributed by atoms with Crippen molar-refractivity contribution in [1.29, 1.82) is 0 Å². The number of rotatable bonds is 0. The Bertz CT molecular complexity index is 184. The molecule has 0 spiro atoms. The van der Waals surface area contributed by atoms with Gasteiger partial charge in [-0.3, -0.25) is 0 Å². The Morgan fingerprint density at radius 3 is 2.85 bits per heavy atom. The van der Waals surface area contributed by atoms with Crippen LogP contribution >= 0.6 is 0 Å². The first-order chi connectivity index (χ1) is 6.47. The molecule has 0 saturated carbocycles. The van der Waals surface area contributed by atoms with Crippen molar-refractivity contribution in [3.63, 3.8) is 0 Å². The van der Waals surface area contributed by atoms with Gasteiger partial charge in [0.05, 0.1) is 12.4 Å². The quantitative estimate of drug-likeness (QED) is 0.553. The molecule has 0 aromatic heterocycles. The summed E-state index contributed by atoms with van der Waals surface area (Å²) in [7, 11) is 0. The minimum atomic E-state index is 0.770. The maximum atomic E-state index is 5.83. The molecule has 0 N–H and O–H groups in total. The molecule has 1 unspecified atom stereocenters. The van der Waals surface area contributed by atoms with Crippen LogP contribution in [0.5, 0.6) is 0 Å². The number of hydrogen-bond donors (Lipinski definition) is 0. The molecule has 74 valence electrons. The van der Waals surface area contributed by atoms with Crippen LogP contribution in [0.2, 0.25) is 0 Å². The summed E-state index contributed by atoms with van der Waals surface area (Å²) >= 11 is 0. The van der Waals surface area contributed by atoms with Gasteiger partial charge in [-0.15, -0.1) is 0 Å². The van der Waals surface area contributed by atoms with Crippen molar-refractivity contribution in [2.24, 2.45) is 5.92 Å². The summed E-state index contributed by atoms with van der Waals surface area (Å²) in [4.78, 5) is 0. The van der Waals surface area contributed by atoms with Crippen molar-refractivity contribution in [2.75, 3.05) is 6.61 Å². The second kappa shape index (κ2) is 4.69. The van der Waals surface area contributed by atoms with Crippen molar-refractivity contribution in [3.8, 4) is 0 Å². The van der Waals surface area contributed by atoms with Crippen LogP contribution in [0.1, 0.15) is 51.4 Å². The average molecular weight is 180 g/mol. The van der Waals surface area contributed by atoms with Gasteiger partial charge in [-0.05, 0) is 38.2 Å². The molecule has 0 radical (unpaired) electrons. The highest BCUT2D eigenvalue weighted by molar-refractivity contribution is 5.02. The van der Waals surface area contributed by atoms with E-state index < -0.39 is 0 Å². The fraction of sp³-hybridized carbons (Fsp3) is 0.833. The summed E-state index contributed by atoms with van der Waals surface area (Å²) < 4.78 is 5.83. The Balaban J connectivity index is 1.98. The van der Waals surface area contributed by atoms with Gasteiger partial charge in [0.2, 0.25) is 0 Å². The molecular formula is C12H20O. The molecule has 0 aromatic rings. The summed E-state index contributed by atoms with van der Waals surface area (Å²) in [6.07, 6.45) is 13.1. The lowest BCUT2D eigenvalue weighted by molar-refractivity contribution is 0.163. The number of allylic oxidation sites excluding steroid dienone is 2. The second-order valence-electron chi connectivity index (χ2n) is 4.29. The van der Waals surface area contributed by atoms with Crippen LogP contribution in [0.15, 0.2) is 11.8 Å². The molecule has 0 amide bonds. The topological polar surface area (TPSA) is 9.23 Å². The van der Waals surface area contributed by atoms with Gasteiger partial charge in [0, 0.05) is 5.92 Å². The predicted octanol–water partition coefficient (Wildman–Crippen LogP) is 3.65. The molecule has 1 heterocycles. The molecule has 1 aliphatic heterocycles. The van der Waals surface area contributed by atoms with E-state index in [0.29, 0.717) is 0 Å². The van der Waals surface area contributed by atoms with E-state index in [4.69, 9.17) is 4.74 Å². The molecule has 1 nitrogen and oxygen atoms in total. The normalized spacial score (nSPS) is 30.2. The van der Waals surface area contributed by atoms with E-state index in [1.54, 1.807) is 0 Å². The molecule has 1 fully saturated rings. The standard InChI is InChI=1S/C12H20O/c1-2-6-10-13-12-9-5-4-8-11(12)7-3-1/h9,11H,1-8,10H2. The van der Waals surface area contributed by atoms with Crippen LogP contribution in [0.3, 0.4) is 0 Å². The number of ether oxygens (including phenoxy) is 1. The Morgan fingerprint density at radius 2 is 1.85 bits per heavy atom. The molecule has 1 saturated heterocycles. The summed E-state index contributed by atoms with van der Waals surface area (Å²) in [6, 6.07) is 0. The number of fused-ring (bicyclic) bond motifs is 1. The van der Waals surface area contributed by atoms with E-state index >= 15 is 0 Å². The zero-order chi connectivity index (χ0) is 8.93. The lowest BCUT2D eigenvalue weighted by Gasteiger charge is -2.23. The maximum absolute atomic E-state index is 5.83. The molecular weight excluding hydrogens is 160 g/mol. The monoisotopic (exact) mass is 180 g/mol. The Hall–Kier alpha value is -0.460. The van der Waals surface area contributed by atoms with E-state index in [9.17, 15) is 0 Å². The van der Waals surface area contributed by atoms with Crippen LogP contribution in [-0.4, -0.2) is 6.61 Å². The molecule has 13 heavy (non-hydrogen) atoms. The van der Waals surface area contributed by atoms with Gasteiger partial charge >= 0.3 is 0 Å². The average Bonchev–Trinajstić information content (AvgIpc) is 2.28. The largest absolute Gasteiger partial charge is 0.498 e. The molecule has 0 bridgehead atoms. The van der Waals surface area contributed by atoms with Gasteiger partial charge in [0.1, 0.15) is 0 Å². The van der Waals surface area contributed by atoms with E-state index in [0.717, 1.165) is 12.5 Å². The van der Waals surface area contributed by atoms with Crippen molar-refractivity contribution in [3.05, 3.63) is 11.8 Å². The molecule has 1 aliphatic carbocycles. The molecule has 2 aliphatic rings. The van der Waals surface area contributed by atoms with E-state index in [1.807, 2.05) is 0 Å². The highest BCUT2D eigenvalue weighted by Crippen LogP contribution is 2.31. The molecule has 1 atom stereocenters. The predicted molar refractivity (Wildman–Crippen MR) is 54.5 cm³/mol. The van der Waals surface area contributed by atoms with Crippen LogP contribution in [0, 0.1) is 5.92 Å². The third kappa shape index (κ3) is 2.49. The SMILES string of the molecule is C1=C2OCCCCCCC2CCC1. The first-order valence-electron chi connectivity index (χ1n) is 5.79. The van der Waals surface area contributed by atoms with Crippen molar-refractivity contribution in [2.45, 2.75) is 51.4 Å². The maximum Gasteiger partial charge on any atom is 0.0950 e. The fourth-order valence-electron chi connectivity index (χ4n) is 2.42. The van der Waals surface area contributed by atoms with Gasteiger partial charge in [0.25, 0.3) is 0 Å². The smallest absolute Gasteiger partial charge is 0.0950 e. The van der Waals surface area contributed by atoms with Crippen LogP contribution in [-0.2, 0) is 4.74 Å². The van der Waals surface area contributed by atoms with Crippen LogP contribution in [0.4, 0.5) is 0 Å². The van der Waals surface area contributed by atoms with Gasteiger partial charge < -0.3 is 4.74 Å². The third-order valence-electron chi connectivity index (χ3n) is 3.22. The Kier molecular flexibility index (Phi) is 3.28. The van der Waals surface area contributed by atoms with Gasteiger partial charge in [-0.25, -0.2) is 0 Å². The molecule has 2 rings (SSSR count). The highest BCUT2D eigenvalue weighted by atomic mass is 16.5. The lowest BCUT2D eigenvalue weighted by Crippen LogP contribution is -2.11. The van der Waals surface area contributed by atoms with Gasteiger partial charge in [-0.1, -0.05) is 19.3 Å². The summed E-state index contributed by atoms with van der Waals surface area (Å²) in [5, 5.41) is 0. The minimum Gasteiger partial charge on any atom is -0.498 e. The van der Waals surface area contributed by atoms with Gasteiger partial charge in [-0.2, -0.15) is 0 Å². The van der Waals surface area contributed by atoms with E-state index in [2.05, 4.69) is 6.08 Å². The van der Waals surface area contributed by atoms with Crippen molar-refractivity contribution >= 4 is 0 Å². The van der Waals surface area contributed by atoms with Crippen molar-refractivity contribution < 1.29 is 4.74 Å². The fourth-order valence-corrected chi connectivity index (χ4v) is 2.42. The molecule has 1 heteroatoms. The van der Waals surface area contributed by atoms with E-state index in [1.165, 1.54) is 57.1 Å². The zero-order valence-corrected chi connectivity index (χ0v) is 8.43. The van der Waals surface area contributed by atoms with Crippen molar-refractivity contribution in [1.82, 2.24) is 0 Å². The minimum absolute atomic E-state index is 0.770. The van der Waals surface area contributed by atoms with Crippen LogP contribution < -0.4 is 0 Å². The summed E-state index contributed by atoms with van der Waals surface area (Å²) in [5.41, 5.74) is 0. The lowest BCUT2D eigenvalue weighted by atomic mass is 9.89. The first kappa shape index (κ1) is 9.11. The van der Waals surface area contributed by atoms with E-state index in [-0.39, 0.29) is 0 Å². The third-order valence-corrected chi connectivity index (χ3v) is 3.22.